The molecule has 0 saturated carbocycles. The Morgan fingerprint density at radius 3 is 2.60 bits per heavy atom. The molecule has 0 aromatic rings. The van der Waals surface area contributed by atoms with E-state index in [4.69, 9.17) is 10.6 Å². The first-order valence-corrected chi connectivity index (χ1v) is 3.30. The summed E-state index contributed by atoms with van der Waals surface area (Å²) in [5.41, 5.74) is 7.98. The van der Waals surface area contributed by atoms with E-state index in [1.807, 2.05) is 0 Å². The van der Waals surface area contributed by atoms with Crippen LogP contribution in [0.25, 0.3) is 5.53 Å². The van der Waals surface area contributed by atoms with Crippen molar-refractivity contribution in [3.05, 3.63) is 5.53 Å². The summed E-state index contributed by atoms with van der Waals surface area (Å²) in [6.07, 6.45) is 2.47. The average Bonchev–Trinajstić information content (AvgIpc) is 1.87. The highest BCUT2D eigenvalue weighted by Crippen LogP contribution is 1.99. The number of hydrogen-bond acceptors (Lipinski definition) is 2. The second-order valence-electron chi connectivity index (χ2n) is 2.07. The molecule has 0 bridgehead atoms. The lowest BCUT2D eigenvalue weighted by Crippen LogP contribution is -1.93. The van der Waals surface area contributed by atoms with Gasteiger partial charge in [-0.05, 0) is 12.8 Å². The van der Waals surface area contributed by atoms with E-state index in [2.05, 4.69) is 5.11 Å². The van der Waals surface area contributed by atoms with E-state index < -0.39 is 5.97 Å². The van der Waals surface area contributed by atoms with Crippen molar-refractivity contribution in [3.8, 4) is 0 Å². The molecule has 0 rings (SSSR count). The van der Waals surface area contributed by atoms with Crippen molar-refractivity contribution in [3.63, 3.8) is 0 Å². The molecule has 10 heavy (non-hydrogen) atoms. The minimum atomic E-state index is -0.763. The van der Waals surface area contributed by atoms with Gasteiger partial charge < -0.3 is 15.8 Å². The zero-order valence-corrected chi connectivity index (χ0v) is 5.79. The molecule has 0 unspecified atom stereocenters. The summed E-state index contributed by atoms with van der Waals surface area (Å²) in [6.45, 7) is 0.416. The van der Waals surface area contributed by atoms with Crippen molar-refractivity contribution in [2.24, 2.45) is 5.11 Å². The molecule has 1 N–H and O–H groups in total. The summed E-state index contributed by atoms with van der Waals surface area (Å²) >= 11 is 0. The van der Waals surface area contributed by atoms with Gasteiger partial charge in [0.25, 0.3) is 0 Å². The van der Waals surface area contributed by atoms with Gasteiger partial charge in [0.1, 0.15) is 0 Å². The van der Waals surface area contributed by atoms with Crippen LogP contribution in [0.4, 0.5) is 0 Å². The Labute approximate surface area is 59.8 Å². The molecule has 0 radical (unpaired) electrons. The molecule has 4 nitrogen and oxygen atoms in total. The van der Waals surface area contributed by atoms with E-state index in [1.165, 1.54) is 0 Å². The fraction of sp³-hybridized carbons (Fsp3) is 0.833. The van der Waals surface area contributed by atoms with Crippen LogP contribution in [0.3, 0.4) is 0 Å². The highest BCUT2D eigenvalue weighted by molar-refractivity contribution is 5.66. The predicted molar refractivity (Wildman–Crippen MR) is 36.8 cm³/mol. The Bertz CT molecular complexity index is 114. The van der Waals surface area contributed by atoms with E-state index >= 15 is 0 Å². The van der Waals surface area contributed by atoms with E-state index in [9.17, 15) is 4.79 Å². The van der Waals surface area contributed by atoms with Gasteiger partial charge in [-0.2, -0.15) is 0 Å². The average molecular weight is 143 g/mol. The van der Waals surface area contributed by atoms with Crippen molar-refractivity contribution in [1.29, 1.82) is 0 Å². The van der Waals surface area contributed by atoms with Crippen molar-refractivity contribution in [1.82, 2.24) is 0 Å². The van der Waals surface area contributed by atoms with Gasteiger partial charge in [-0.1, -0.05) is 6.42 Å². The standard InChI is InChI=1S/C6H11N2O2/c7-8-5-3-1-2-4-6(9)10/h1-5H2,(H,9,10)/q-1. The van der Waals surface area contributed by atoms with Crippen LogP contribution >= 0.6 is 0 Å². The fourth-order valence-electron chi connectivity index (χ4n) is 0.636. The van der Waals surface area contributed by atoms with Gasteiger partial charge in [-0.15, -0.1) is 0 Å². The van der Waals surface area contributed by atoms with E-state index in [1.54, 1.807) is 0 Å². The number of aliphatic carboxylic acids is 1. The van der Waals surface area contributed by atoms with Crippen LogP contribution in [0.5, 0.6) is 0 Å². The van der Waals surface area contributed by atoms with Crippen molar-refractivity contribution < 1.29 is 9.90 Å². The third-order valence-corrected chi connectivity index (χ3v) is 1.15. The number of hydrogen-bond donors (Lipinski definition) is 1. The van der Waals surface area contributed by atoms with Gasteiger partial charge in [-0.25, -0.2) is 0 Å². The molecule has 0 spiro atoms. The molecule has 0 aromatic heterocycles. The van der Waals surface area contributed by atoms with Crippen LogP contribution in [0.15, 0.2) is 5.11 Å². The van der Waals surface area contributed by atoms with Crippen LogP contribution in [0.1, 0.15) is 25.7 Å². The Hall–Kier alpha value is -0.930. The normalized spacial score (nSPS) is 9.20. The lowest BCUT2D eigenvalue weighted by atomic mass is 10.2. The summed E-state index contributed by atoms with van der Waals surface area (Å²) in [4.78, 5) is 9.96. The first-order valence-electron chi connectivity index (χ1n) is 3.30. The van der Waals surface area contributed by atoms with E-state index in [0.29, 0.717) is 13.0 Å². The SMILES string of the molecule is [N-]=NCCCCCC(=O)O. The summed E-state index contributed by atoms with van der Waals surface area (Å²) < 4.78 is 0. The van der Waals surface area contributed by atoms with Gasteiger partial charge in [0, 0.05) is 13.0 Å². The van der Waals surface area contributed by atoms with Crippen molar-refractivity contribution in [2.75, 3.05) is 6.54 Å². The predicted octanol–water partition coefficient (Wildman–Crippen LogP) is 1.65. The van der Waals surface area contributed by atoms with Gasteiger partial charge in [0.2, 0.25) is 0 Å². The lowest BCUT2D eigenvalue weighted by molar-refractivity contribution is -0.137. The van der Waals surface area contributed by atoms with Gasteiger partial charge in [-0.3, -0.25) is 4.79 Å². The molecule has 0 aliphatic heterocycles. The lowest BCUT2D eigenvalue weighted by Gasteiger charge is -1.96. The molecule has 0 heterocycles. The van der Waals surface area contributed by atoms with Crippen LogP contribution in [0.2, 0.25) is 0 Å². The molecule has 58 valence electrons. The molecule has 0 aliphatic rings. The quantitative estimate of drug-likeness (QED) is 0.453. The Kier molecular flexibility index (Phi) is 5.62. The Balaban J connectivity index is 2.90. The second-order valence-corrected chi connectivity index (χ2v) is 2.07. The number of unbranched alkanes of at least 4 members (excludes halogenated alkanes) is 2. The summed E-state index contributed by atoms with van der Waals surface area (Å²) in [7, 11) is 0. The largest absolute Gasteiger partial charge is 0.712 e. The number of carboxylic acid groups (broad SMARTS) is 1. The van der Waals surface area contributed by atoms with Crippen LogP contribution in [-0.2, 0) is 4.79 Å². The van der Waals surface area contributed by atoms with Crippen LogP contribution in [-0.4, -0.2) is 17.6 Å². The first kappa shape index (κ1) is 9.07. The molecule has 0 aromatic carbocycles. The van der Waals surface area contributed by atoms with Gasteiger partial charge in [0.15, 0.2) is 0 Å². The number of rotatable bonds is 6. The fourth-order valence-corrected chi connectivity index (χ4v) is 0.636. The summed E-state index contributed by atoms with van der Waals surface area (Å²) in [5.74, 6) is -0.763. The molecular formula is C6H11N2O2-. The molecule has 0 amide bonds. The topological polar surface area (TPSA) is 72.0 Å². The minimum absolute atomic E-state index is 0.214. The molecule has 0 aliphatic carbocycles. The second kappa shape index (κ2) is 6.19. The number of carbonyl (C=O) groups is 1. The summed E-state index contributed by atoms with van der Waals surface area (Å²) in [6, 6.07) is 0. The first-order chi connectivity index (χ1) is 4.77. The zero-order valence-electron chi connectivity index (χ0n) is 5.79. The monoisotopic (exact) mass is 143 g/mol. The Morgan fingerprint density at radius 2 is 2.10 bits per heavy atom. The van der Waals surface area contributed by atoms with Crippen LogP contribution in [0, 0.1) is 0 Å². The third kappa shape index (κ3) is 7.07. The molecule has 0 fully saturated rings. The zero-order chi connectivity index (χ0) is 7.82. The molecule has 0 saturated heterocycles. The smallest absolute Gasteiger partial charge is 0.303 e. The maximum Gasteiger partial charge on any atom is 0.303 e. The summed E-state index contributed by atoms with van der Waals surface area (Å²) in [5, 5.41) is 11.1. The Morgan fingerprint density at radius 1 is 1.40 bits per heavy atom. The third-order valence-electron chi connectivity index (χ3n) is 1.15. The van der Waals surface area contributed by atoms with Crippen LogP contribution < -0.4 is 0 Å². The maximum absolute atomic E-state index is 9.96. The minimum Gasteiger partial charge on any atom is -0.712 e. The maximum atomic E-state index is 9.96. The highest BCUT2D eigenvalue weighted by Gasteiger charge is 1.94. The van der Waals surface area contributed by atoms with E-state index in [-0.39, 0.29) is 6.42 Å². The van der Waals surface area contributed by atoms with Crippen molar-refractivity contribution >= 4 is 5.97 Å². The van der Waals surface area contributed by atoms with Gasteiger partial charge in [0.05, 0.1) is 0 Å². The highest BCUT2D eigenvalue weighted by atomic mass is 16.4. The van der Waals surface area contributed by atoms with Crippen molar-refractivity contribution in [2.45, 2.75) is 25.7 Å². The van der Waals surface area contributed by atoms with Gasteiger partial charge >= 0.3 is 5.97 Å². The molecule has 4 heteroatoms. The molecular weight excluding hydrogens is 132 g/mol. The number of nitrogens with zero attached hydrogens (tertiary/aromatic N) is 2. The number of carboxylic acids is 1. The van der Waals surface area contributed by atoms with E-state index in [0.717, 1.165) is 12.8 Å². The molecule has 0 atom stereocenters.